The summed E-state index contributed by atoms with van der Waals surface area (Å²) in [4.78, 5) is 11.6. The Morgan fingerprint density at radius 2 is 1.89 bits per heavy atom. The highest BCUT2D eigenvalue weighted by molar-refractivity contribution is 7.84. The molecule has 140 valence electrons. The van der Waals surface area contributed by atoms with E-state index in [9.17, 15) is 18.5 Å². The summed E-state index contributed by atoms with van der Waals surface area (Å²) in [7, 11) is -1.22. The van der Waals surface area contributed by atoms with Crippen molar-refractivity contribution >= 4 is 39.1 Å². The Hall–Kier alpha value is -2.28. The summed E-state index contributed by atoms with van der Waals surface area (Å²) in [6.07, 6.45) is 0.0944. The van der Waals surface area contributed by atoms with Crippen molar-refractivity contribution in [1.29, 1.82) is 0 Å². The average molecular weight is 407 g/mol. The Balaban J connectivity index is 2.17. The molecule has 0 bridgehead atoms. The van der Waals surface area contributed by atoms with Crippen LogP contribution in [-0.4, -0.2) is 26.6 Å². The molecule has 7 heteroatoms. The summed E-state index contributed by atoms with van der Waals surface area (Å²) < 4.78 is 25.4. The molecular formula is C20H16ClFO4S. The van der Waals surface area contributed by atoms with Crippen LogP contribution in [0.15, 0.2) is 53.4 Å². The van der Waals surface area contributed by atoms with E-state index < -0.39 is 28.7 Å². The van der Waals surface area contributed by atoms with Gasteiger partial charge in [0.15, 0.2) is 0 Å². The highest BCUT2D eigenvalue weighted by atomic mass is 35.5. The van der Waals surface area contributed by atoms with Crippen LogP contribution < -0.4 is 0 Å². The molecule has 0 aliphatic heterocycles. The summed E-state index contributed by atoms with van der Waals surface area (Å²) in [5.41, 5.74) is 1.21. The van der Waals surface area contributed by atoms with Crippen LogP contribution >= 0.6 is 11.6 Å². The third kappa shape index (κ3) is 4.18. The average Bonchev–Trinajstić information content (AvgIpc) is 2.60. The zero-order chi connectivity index (χ0) is 19.7. The standard InChI is InChI=1S/C20H16ClFO4S/c1-27(26)14-4-5-15(18(21)10-14)20(25)17-7-11(8-19(23)24)6-12-2-3-13(22)9-16(12)17/h2-7,9-10,20,25H,8H2,1H3,(H,23,24). The third-order valence-corrected chi connectivity index (χ3v) is 5.50. The number of aliphatic hydroxyl groups excluding tert-OH is 1. The maximum absolute atomic E-state index is 13.8. The van der Waals surface area contributed by atoms with Gasteiger partial charge < -0.3 is 10.2 Å². The van der Waals surface area contributed by atoms with Crippen molar-refractivity contribution in [1.82, 2.24) is 0 Å². The Labute approximate surface area is 162 Å². The van der Waals surface area contributed by atoms with Crippen molar-refractivity contribution < 1.29 is 23.6 Å². The van der Waals surface area contributed by atoms with Gasteiger partial charge in [-0.15, -0.1) is 0 Å². The molecule has 27 heavy (non-hydrogen) atoms. The van der Waals surface area contributed by atoms with Crippen LogP contribution in [0.4, 0.5) is 4.39 Å². The first kappa shape index (κ1) is 19.5. The first-order valence-electron chi connectivity index (χ1n) is 8.01. The molecule has 0 amide bonds. The lowest BCUT2D eigenvalue weighted by molar-refractivity contribution is -0.136. The minimum Gasteiger partial charge on any atom is -0.481 e. The molecule has 0 heterocycles. The summed E-state index contributed by atoms with van der Waals surface area (Å²) in [5.74, 6) is -1.48. The van der Waals surface area contributed by atoms with E-state index in [4.69, 9.17) is 16.7 Å². The van der Waals surface area contributed by atoms with Gasteiger partial charge in [0.1, 0.15) is 11.9 Å². The van der Waals surface area contributed by atoms with Crippen molar-refractivity contribution in [2.75, 3.05) is 6.26 Å². The van der Waals surface area contributed by atoms with Gasteiger partial charge in [-0.1, -0.05) is 35.9 Å². The smallest absolute Gasteiger partial charge is 0.307 e. The van der Waals surface area contributed by atoms with Gasteiger partial charge >= 0.3 is 5.97 Å². The number of carbonyl (C=O) groups is 1. The van der Waals surface area contributed by atoms with Gasteiger partial charge in [-0.2, -0.15) is 0 Å². The molecule has 0 aliphatic carbocycles. The molecule has 3 rings (SSSR count). The molecular weight excluding hydrogens is 391 g/mol. The highest BCUT2D eigenvalue weighted by Crippen LogP contribution is 2.35. The van der Waals surface area contributed by atoms with Crippen LogP contribution in [-0.2, 0) is 22.0 Å². The van der Waals surface area contributed by atoms with Gasteiger partial charge in [0.05, 0.1) is 6.42 Å². The van der Waals surface area contributed by atoms with Crippen LogP contribution in [0.25, 0.3) is 10.8 Å². The Kier molecular flexibility index (Phi) is 5.60. The fourth-order valence-electron chi connectivity index (χ4n) is 3.00. The molecule has 0 spiro atoms. The number of hydrogen-bond acceptors (Lipinski definition) is 3. The number of fused-ring (bicyclic) bond motifs is 1. The summed E-state index contributed by atoms with van der Waals surface area (Å²) in [5, 5.41) is 21.3. The van der Waals surface area contributed by atoms with Crippen molar-refractivity contribution in [3.05, 3.63) is 76.1 Å². The molecule has 0 radical (unpaired) electrons. The largest absolute Gasteiger partial charge is 0.481 e. The summed E-state index contributed by atoms with van der Waals surface area (Å²) in [6, 6.07) is 12.0. The number of carboxylic acid groups (broad SMARTS) is 1. The second kappa shape index (κ2) is 7.76. The maximum Gasteiger partial charge on any atom is 0.307 e. The lowest BCUT2D eigenvalue weighted by Gasteiger charge is -2.18. The van der Waals surface area contributed by atoms with Crippen LogP contribution in [0.5, 0.6) is 0 Å². The highest BCUT2D eigenvalue weighted by Gasteiger charge is 2.19. The van der Waals surface area contributed by atoms with Crippen LogP contribution in [0.3, 0.4) is 0 Å². The van der Waals surface area contributed by atoms with Crippen LogP contribution in [0.1, 0.15) is 22.8 Å². The van der Waals surface area contributed by atoms with Crippen molar-refractivity contribution in [3.63, 3.8) is 0 Å². The number of rotatable bonds is 5. The predicted octanol–water partition coefficient (Wildman–Crippen LogP) is 4.08. The van der Waals surface area contributed by atoms with Gasteiger partial charge in [0.25, 0.3) is 0 Å². The van der Waals surface area contributed by atoms with Crippen LogP contribution in [0.2, 0.25) is 5.02 Å². The van der Waals surface area contributed by atoms with E-state index in [2.05, 4.69) is 0 Å². The quantitative estimate of drug-likeness (QED) is 0.669. The fourth-order valence-corrected chi connectivity index (χ4v) is 3.89. The molecule has 3 aromatic rings. The van der Waals surface area contributed by atoms with Gasteiger partial charge in [-0.3, -0.25) is 9.00 Å². The van der Waals surface area contributed by atoms with E-state index in [1.54, 1.807) is 24.3 Å². The minimum absolute atomic E-state index is 0.225. The summed E-state index contributed by atoms with van der Waals surface area (Å²) in [6.45, 7) is 0. The Morgan fingerprint density at radius 3 is 2.52 bits per heavy atom. The van der Waals surface area contributed by atoms with Crippen molar-refractivity contribution in [2.24, 2.45) is 0 Å². The first-order valence-corrected chi connectivity index (χ1v) is 9.94. The minimum atomic E-state index is -1.22. The number of carboxylic acids is 1. The lowest BCUT2D eigenvalue weighted by atomic mass is 9.93. The zero-order valence-electron chi connectivity index (χ0n) is 14.3. The molecule has 3 aromatic carbocycles. The van der Waals surface area contributed by atoms with E-state index >= 15 is 0 Å². The third-order valence-electron chi connectivity index (χ3n) is 4.26. The SMILES string of the molecule is CS(=O)c1ccc(C(O)c2cc(CC(=O)O)cc3ccc(F)cc23)c(Cl)c1. The zero-order valence-corrected chi connectivity index (χ0v) is 15.9. The molecule has 0 saturated carbocycles. The monoisotopic (exact) mass is 406 g/mol. The van der Waals surface area contributed by atoms with Gasteiger partial charge in [0, 0.05) is 32.5 Å². The lowest BCUT2D eigenvalue weighted by Crippen LogP contribution is -2.06. The number of halogens is 2. The number of hydrogen-bond donors (Lipinski definition) is 2. The molecule has 0 aliphatic rings. The number of aliphatic carboxylic acids is 1. The van der Waals surface area contributed by atoms with E-state index in [0.717, 1.165) is 0 Å². The number of benzene rings is 3. The van der Waals surface area contributed by atoms with E-state index in [1.807, 2.05) is 0 Å². The molecule has 0 saturated heterocycles. The molecule has 0 fully saturated rings. The normalized spacial score (nSPS) is 13.5. The van der Waals surface area contributed by atoms with Crippen LogP contribution in [0, 0.1) is 5.82 Å². The Bertz CT molecular complexity index is 1070. The molecule has 2 atom stereocenters. The van der Waals surface area contributed by atoms with E-state index in [-0.39, 0.29) is 11.4 Å². The van der Waals surface area contributed by atoms with Gasteiger partial charge in [-0.25, -0.2) is 4.39 Å². The topological polar surface area (TPSA) is 74.6 Å². The van der Waals surface area contributed by atoms with E-state index in [0.29, 0.717) is 32.4 Å². The van der Waals surface area contributed by atoms with Crippen molar-refractivity contribution in [3.8, 4) is 0 Å². The van der Waals surface area contributed by atoms with Gasteiger partial charge in [-0.05, 0) is 46.2 Å². The van der Waals surface area contributed by atoms with Crippen molar-refractivity contribution in [2.45, 2.75) is 17.4 Å². The molecule has 0 aromatic heterocycles. The molecule has 2 N–H and O–H groups in total. The maximum atomic E-state index is 13.8. The Morgan fingerprint density at radius 1 is 1.15 bits per heavy atom. The predicted molar refractivity (Wildman–Crippen MR) is 103 cm³/mol. The summed E-state index contributed by atoms with van der Waals surface area (Å²) >= 11 is 6.26. The molecule has 4 nitrogen and oxygen atoms in total. The van der Waals surface area contributed by atoms with Gasteiger partial charge in [0.2, 0.25) is 0 Å². The number of aliphatic hydroxyl groups is 1. The second-order valence-electron chi connectivity index (χ2n) is 6.16. The first-order chi connectivity index (χ1) is 12.8. The second-order valence-corrected chi connectivity index (χ2v) is 7.95. The van der Waals surface area contributed by atoms with E-state index in [1.165, 1.54) is 30.5 Å². The molecule has 2 unspecified atom stereocenters. The fraction of sp³-hybridized carbons (Fsp3) is 0.150.